The molecule has 3 aromatic rings. The van der Waals surface area contributed by atoms with Crippen molar-refractivity contribution in [2.24, 2.45) is 0 Å². The molecular weight excluding hydrogens is 581 g/mol. The molecule has 0 aliphatic rings. The molecular formula is C22H28ClFN4O9P2. The highest BCUT2D eigenvalue weighted by Crippen LogP contribution is 2.55. The summed E-state index contributed by atoms with van der Waals surface area (Å²) < 4.78 is 42.1. The zero-order valence-corrected chi connectivity index (χ0v) is 23.2. The van der Waals surface area contributed by atoms with E-state index < -0.39 is 46.1 Å². The van der Waals surface area contributed by atoms with Crippen LogP contribution < -0.4 is 5.32 Å². The van der Waals surface area contributed by atoms with Crippen molar-refractivity contribution in [1.82, 2.24) is 14.5 Å². The molecule has 0 bridgehead atoms. The van der Waals surface area contributed by atoms with E-state index in [0.717, 1.165) is 10.1 Å². The maximum Gasteiger partial charge on any atom is 0.340 e. The van der Waals surface area contributed by atoms with Gasteiger partial charge in [0.2, 0.25) is 5.28 Å². The average molecular weight is 609 g/mol. The minimum absolute atomic E-state index is 0.0994. The lowest BCUT2D eigenvalue weighted by molar-refractivity contribution is -0.0793. The number of aromatic nitrogens is 3. The summed E-state index contributed by atoms with van der Waals surface area (Å²) in [6, 6.07) is 7.05. The van der Waals surface area contributed by atoms with E-state index >= 15 is 0 Å². The van der Waals surface area contributed by atoms with Crippen LogP contribution in [0.15, 0.2) is 48.2 Å². The number of fused-ring (bicyclic) bond motifs is 1. The molecule has 7 N–H and O–H groups in total. The molecule has 17 heteroatoms. The quantitative estimate of drug-likeness (QED) is 0.0900. The second-order valence-corrected chi connectivity index (χ2v) is 13.0. The molecule has 1 unspecified atom stereocenters. The highest BCUT2D eigenvalue weighted by atomic mass is 35.5. The molecule has 3 rings (SSSR count). The fraction of sp³-hybridized carbons (Fsp3) is 0.364. The van der Waals surface area contributed by atoms with E-state index in [1.165, 1.54) is 37.4 Å². The van der Waals surface area contributed by atoms with Crippen molar-refractivity contribution in [2.75, 3.05) is 17.8 Å². The van der Waals surface area contributed by atoms with Gasteiger partial charge in [0.05, 0.1) is 12.0 Å². The van der Waals surface area contributed by atoms with Gasteiger partial charge in [-0.15, -0.1) is 0 Å². The Bertz CT molecular complexity index is 1430. The van der Waals surface area contributed by atoms with E-state index in [-0.39, 0.29) is 34.2 Å². The summed E-state index contributed by atoms with van der Waals surface area (Å²) in [5.41, 5.74) is 0.718. The molecule has 0 spiro atoms. The van der Waals surface area contributed by atoms with E-state index in [2.05, 4.69) is 15.3 Å². The summed E-state index contributed by atoms with van der Waals surface area (Å²) in [5, 5.41) is 35.5. The lowest BCUT2D eigenvalue weighted by atomic mass is 10.0. The van der Waals surface area contributed by atoms with Gasteiger partial charge in [-0.2, -0.15) is 4.98 Å². The van der Waals surface area contributed by atoms with Crippen molar-refractivity contribution in [3.05, 3.63) is 64.8 Å². The number of hydrogen-bond acceptors (Lipinski definition) is 9. The van der Waals surface area contributed by atoms with Gasteiger partial charge < -0.3 is 44.4 Å². The van der Waals surface area contributed by atoms with Crippen LogP contribution in [0.1, 0.15) is 31.7 Å². The Hall–Kier alpha value is -2.22. The zero-order chi connectivity index (χ0) is 29.1. The van der Waals surface area contributed by atoms with Crippen LogP contribution in [0.2, 0.25) is 5.28 Å². The number of aliphatic hydroxyl groups excluding tert-OH is 3. The molecule has 0 aliphatic heterocycles. The number of rotatable bonds is 12. The molecule has 2 aromatic heterocycles. The van der Waals surface area contributed by atoms with Gasteiger partial charge in [0, 0.05) is 12.2 Å². The van der Waals surface area contributed by atoms with Crippen LogP contribution in [-0.2, 0) is 13.7 Å². The van der Waals surface area contributed by atoms with Crippen molar-refractivity contribution in [3.63, 3.8) is 0 Å². The SMILES string of the molecule is C/C=C(/COP(=O)(O)CP(=O)(O)O)[C@@H](O)[C@@H](O)[C@@H](O)n1ccc2c(N[C@@H](C)c3ccc(F)cc3)nc(Cl)nc21. The first-order valence-electron chi connectivity index (χ1n) is 11.4. The fourth-order valence-corrected chi connectivity index (χ4v) is 6.41. The second kappa shape index (κ2) is 12.5. The number of benzene rings is 1. The monoisotopic (exact) mass is 608 g/mol. The smallest absolute Gasteiger partial charge is 0.340 e. The molecule has 214 valence electrons. The summed E-state index contributed by atoms with van der Waals surface area (Å²) in [4.78, 5) is 35.8. The molecule has 0 aliphatic carbocycles. The molecule has 2 heterocycles. The number of aliphatic hydroxyl groups is 3. The molecule has 0 amide bonds. The summed E-state index contributed by atoms with van der Waals surface area (Å²) in [7, 11) is -9.59. The van der Waals surface area contributed by atoms with Gasteiger partial charge in [-0.25, -0.2) is 9.37 Å². The Labute approximate surface area is 227 Å². The summed E-state index contributed by atoms with van der Waals surface area (Å²) in [6.07, 6.45) is -2.89. The minimum atomic E-state index is -4.86. The molecule has 0 saturated carbocycles. The van der Waals surface area contributed by atoms with Gasteiger partial charge >= 0.3 is 15.2 Å². The highest BCUT2D eigenvalue weighted by molar-refractivity contribution is 7.70. The number of allylic oxidation sites excluding steroid dienone is 1. The molecule has 39 heavy (non-hydrogen) atoms. The zero-order valence-electron chi connectivity index (χ0n) is 20.7. The number of nitrogens with one attached hydrogen (secondary N) is 1. The fourth-order valence-electron chi connectivity index (χ4n) is 3.71. The molecule has 5 atom stereocenters. The van der Waals surface area contributed by atoms with Crippen LogP contribution in [0.4, 0.5) is 10.2 Å². The molecule has 0 saturated heterocycles. The van der Waals surface area contributed by atoms with E-state index in [9.17, 15) is 33.7 Å². The highest BCUT2D eigenvalue weighted by Gasteiger charge is 2.34. The third-order valence-corrected chi connectivity index (χ3v) is 9.33. The van der Waals surface area contributed by atoms with Crippen molar-refractivity contribution < 1.29 is 48.0 Å². The van der Waals surface area contributed by atoms with E-state index in [4.69, 9.17) is 25.9 Å². The Morgan fingerprint density at radius 3 is 2.38 bits per heavy atom. The normalized spacial score (nSPS) is 17.4. The lowest BCUT2D eigenvalue weighted by Crippen LogP contribution is -2.37. The van der Waals surface area contributed by atoms with Crippen LogP contribution >= 0.6 is 26.8 Å². The van der Waals surface area contributed by atoms with Crippen LogP contribution in [0, 0.1) is 5.82 Å². The van der Waals surface area contributed by atoms with Crippen molar-refractivity contribution in [3.8, 4) is 0 Å². The maximum absolute atomic E-state index is 13.3. The maximum atomic E-state index is 13.3. The summed E-state index contributed by atoms with van der Waals surface area (Å²) >= 11 is 6.10. The van der Waals surface area contributed by atoms with Crippen molar-refractivity contribution in [1.29, 1.82) is 0 Å². The topological polar surface area (TPSA) is 207 Å². The predicted octanol–water partition coefficient (Wildman–Crippen LogP) is 2.89. The number of hydrogen-bond donors (Lipinski definition) is 7. The average Bonchev–Trinajstić information content (AvgIpc) is 3.26. The van der Waals surface area contributed by atoms with Gasteiger partial charge in [0.1, 0.15) is 29.5 Å². The van der Waals surface area contributed by atoms with Crippen LogP contribution in [-0.4, -0.2) is 69.3 Å². The lowest BCUT2D eigenvalue weighted by Gasteiger charge is -2.26. The molecule has 0 radical (unpaired) electrons. The van der Waals surface area contributed by atoms with Gasteiger partial charge in [0.25, 0.3) is 0 Å². The van der Waals surface area contributed by atoms with Gasteiger partial charge in [-0.1, -0.05) is 18.2 Å². The van der Waals surface area contributed by atoms with E-state index in [1.807, 2.05) is 6.92 Å². The second-order valence-electron chi connectivity index (χ2n) is 8.65. The third kappa shape index (κ3) is 8.15. The molecule has 13 nitrogen and oxygen atoms in total. The van der Waals surface area contributed by atoms with Gasteiger partial charge in [-0.3, -0.25) is 9.13 Å². The Kier molecular flexibility index (Phi) is 10.1. The van der Waals surface area contributed by atoms with Crippen molar-refractivity contribution in [2.45, 2.75) is 38.3 Å². The standard InChI is InChI=1S/C22H28ClFN4O9P2/c1-3-13(10-37-39(35,36)11-38(32,33)34)17(29)18(30)21(31)28-9-8-16-19(26-22(23)27-20(16)28)25-12(2)14-4-6-15(24)7-5-14/h3-9,12,17-18,21,29-31H,10-11H2,1-2H3,(H,35,36)(H,25,26,27)(H2,32,33,34)/b13-3-/t12-,17+,18+,21+/m0/s1. The number of nitrogens with zero attached hydrogens (tertiary/aromatic N) is 3. The predicted molar refractivity (Wildman–Crippen MR) is 141 cm³/mol. The van der Waals surface area contributed by atoms with Crippen LogP contribution in [0.25, 0.3) is 11.0 Å². The first kappa shape index (κ1) is 31.3. The minimum Gasteiger partial charge on any atom is -0.386 e. The summed E-state index contributed by atoms with van der Waals surface area (Å²) in [6.45, 7) is 2.47. The van der Waals surface area contributed by atoms with E-state index in [0.29, 0.717) is 5.39 Å². The number of anilines is 1. The third-order valence-electron chi connectivity index (χ3n) is 5.73. The Morgan fingerprint density at radius 2 is 1.79 bits per heavy atom. The Morgan fingerprint density at radius 1 is 1.15 bits per heavy atom. The first-order valence-corrected chi connectivity index (χ1v) is 15.3. The van der Waals surface area contributed by atoms with E-state index in [1.54, 1.807) is 12.1 Å². The van der Waals surface area contributed by atoms with Gasteiger partial charge in [0.15, 0.2) is 12.1 Å². The molecule has 1 aromatic carbocycles. The Balaban J connectivity index is 1.80. The number of halogens is 2. The molecule has 0 fully saturated rings. The van der Waals surface area contributed by atoms with Gasteiger partial charge in [-0.05, 0) is 54.8 Å². The van der Waals surface area contributed by atoms with Crippen LogP contribution in [0.5, 0.6) is 0 Å². The largest absolute Gasteiger partial charge is 0.386 e. The van der Waals surface area contributed by atoms with Crippen molar-refractivity contribution >= 4 is 43.6 Å². The summed E-state index contributed by atoms with van der Waals surface area (Å²) in [5.74, 6) is -1.52. The first-order chi connectivity index (χ1) is 18.1. The van der Waals surface area contributed by atoms with Crippen LogP contribution in [0.3, 0.4) is 0 Å².